The lowest BCUT2D eigenvalue weighted by Gasteiger charge is -2.14. The number of hydrogen-bond donors (Lipinski definition) is 0. The highest BCUT2D eigenvalue weighted by Gasteiger charge is 2.29. The van der Waals surface area contributed by atoms with Gasteiger partial charge in [0.25, 0.3) is 0 Å². The molecule has 6 rings (SSSR count). The SMILES string of the molecule is Cc1ccc(C2=C(c3ccc(C)cc3)c3c4ccccc4c(Br)c4cccc2c34)cc1. The fourth-order valence-corrected chi connectivity index (χ4v) is 5.61. The summed E-state index contributed by atoms with van der Waals surface area (Å²) in [5.74, 6) is 0. The third-order valence-corrected chi connectivity index (χ3v) is 7.29. The standard InChI is InChI=1S/C30H21Br/c1-18-10-14-20(15-11-18)26-24-8-5-9-25-28(24)29(22-6-3-4-7-23(22)30(25)31)27(26)21-16-12-19(2)13-17-21/h3-17H,1-2H3. The van der Waals surface area contributed by atoms with E-state index in [2.05, 4.69) is 121 Å². The molecule has 0 nitrogen and oxygen atoms in total. The van der Waals surface area contributed by atoms with Gasteiger partial charge in [-0.3, -0.25) is 0 Å². The highest BCUT2D eigenvalue weighted by atomic mass is 79.9. The number of benzene rings is 5. The van der Waals surface area contributed by atoms with Crippen LogP contribution in [0.2, 0.25) is 0 Å². The molecule has 0 N–H and O–H groups in total. The van der Waals surface area contributed by atoms with Gasteiger partial charge in [-0.15, -0.1) is 0 Å². The average Bonchev–Trinajstić information content (AvgIpc) is 3.14. The summed E-state index contributed by atoms with van der Waals surface area (Å²) in [4.78, 5) is 0. The molecule has 31 heavy (non-hydrogen) atoms. The normalized spacial score (nSPS) is 12.9. The smallest absolute Gasteiger partial charge is 0.0332 e. The molecular formula is C30H21Br. The van der Waals surface area contributed by atoms with Gasteiger partial charge in [-0.05, 0) is 84.7 Å². The first-order chi connectivity index (χ1) is 15.1. The predicted octanol–water partition coefficient (Wildman–Crippen LogP) is 8.69. The van der Waals surface area contributed by atoms with Gasteiger partial charge >= 0.3 is 0 Å². The minimum absolute atomic E-state index is 1.18. The van der Waals surface area contributed by atoms with E-state index in [9.17, 15) is 0 Å². The van der Waals surface area contributed by atoms with Gasteiger partial charge in [-0.1, -0.05) is 102 Å². The van der Waals surface area contributed by atoms with Crippen molar-refractivity contribution in [2.45, 2.75) is 13.8 Å². The van der Waals surface area contributed by atoms with Crippen LogP contribution in [0.25, 0.3) is 32.7 Å². The van der Waals surface area contributed by atoms with Gasteiger partial charge in [-0.25, -0.2) is 0 Å². The molecule has 0 bridgehead atoms. The number of rotatable bonds is 2. The van der Waals surface area contributed by atoms with Gasteiger partial charge in [0, 0.05) is 4.47 Å². The van der Waals surface area contributed by atoms with Crippen LogP contribution in [-0.2, 0) is 0 Å². The van der Waals surface area contributed by atoms with Gasteiger partial charge in [0.1, 0.15) is 0 Å². The molecule has 1 aliphatic rings. The summed E-state index contributed by atoms with van der Waals surface area (Å²) < 4.78 is 1.18. The molecule has 5 aromatic rings. The van der Waals surface area contributed by atoms with Gasteiger partial charge in [0.15, 0.2) is 0 Å². The van der Waals surface area contributed by atoms with E-state index in [1.54, 1.807) is 0 Å². The van der Waals surface area contributed by atoms with Crippen molar-refractivity contribution < 1.29 is 0 Å². The lowest BCUT2D eigenvalue weighted by molar-refractivity contribution is 1.44. The Kier molecular flexibility index (Phi) is 4.16. The number of fused-ring (bicyclic) bond motifs is 2. The zero-order valence-corrected chi connectivity index (χ0v) is 19.1. The largest absolute Gasteiger partial charge is 0.0616 e. The Morgan fingerprint density at radius 3 is 1.71 bits per heavy atom. The summed E-state index contributed by atoms with van der Waals surface area (Å²) in [5, 5.41) is 5.18. The molecule has 0 saturated carbocycles. The second-order valence-corrected chi connectivity index (χ2v) is 9.24. The lowest BCUT2D eigenvalue weighted by atomic mass is 9.90. The van der Waals surface area contributed by atoms with Gasteiger partial charge in [0.2, 0.25) is 0 Å². The van der Waals surface area contributed by atoms with E-state index in [4.69, 9.17) is 0 Å². The summed E-state index contributed by atoms with van der Waals surface area (Å²) in [7, 11) is 0. The molecule has 1 heteroatoms. The molecule has 0 atom stereocenters. The Bertz CT molecular complexity index is 1520. The molecule has 1 aliphatic carbocycles. The second-order valence-electron chi connectivity index (χ2n) is 8.44. The van der Waals surface area contributed by atoms with Crippen molar-refractivity contribution in [1.29, 1.82) is 0 Å². The van der Waals surface area contributed by atoms with Gasteiger partial charge < -0.3 is 0 Å². The van der Waals surface area contributed by atoms with Crippen LogP contribution < -0.4 is 0 Å². The fraction of sp³-hybridized carbons (Fsp3) is 0.0667. The minimum atomic E-state index is 1.18. The van der Waals surface area contributed by atoms with E-state index in [0.29, 0.717) is 0 Å². The van der Waals surface area contributed by atoms with E-state index in [1.807, 2.05) is 0 Å². The third-order valence-electron chi connectivity index (χ3n) is 6.43. The molecule has 0 unspecified atom stereocenters. The molecule has 0 saturated heterocycles. The lowest BCUT2D eigenvalue weighted by Crippen LogP contribution is -1.92. The van der Waals surface area contributed by atoms with Crippen molar-refractivity contribution in [3.63, 3.8) is 0 Å². The van der Waals surface area contributed by atoms with Gasteiger partial charge in [-0.2, -0.15) is 0 Å². The summed E-state index contributed by atoms with van der Waals surface area (Å²) in [6, 6.07) is 33.4. The first-order valence-corrected chi connectivity index (χ1v) is 11.4. The molecule has 5 aromatic carbocycles. The van der Waals surface area contributed by atoms with Crippen LogP contribution in [0.15, 0.2) is 95.5 Å². The van der Waals surface area contributed by atoms with Crippen LogP contribution >= 0.6 is 15.9 Å². The van der Waals surface area contributed by atoms with E-state index < -0.39 is 0 Å². The molecular weight excluding hydrogens is 440 g/mol. The van der Waals surface area contributed by atoms with Crippen LogP contribution in [0.5, 0.6) is 0 Å². The Labute approximate surface area is 191 Å². The number of halogens is 1. The maximum atomic E-state index is 3.93. The fourth-order valence-electron chi connectivity index (χ4n) is 4.93. The maximum absolute atomic E-state index is 3.93. The van der Waals surface area contributed by atoms with Crippen molar-refractivity contribution in [1.82, 2.24) is 0 Å². The molecule has 0 fully saturated rings. The molecule has 0 heterocycles. The highest BCUT2D eigenvalue weighted by Crippen LogP contribution is 2.52. The zero-order chi connectivity index (χ0) is 21.1. The summed E-state index contributed by atoms with van der Waals surface area (Å²) in [6.45, 7) is 4.30. The number of aryl methyl sites for hydroxylation is 2. The second kappa shape index (κ2) is 6.93. The summed E-state index contributed by atoms with van der Waals surface area (Å²) >= 11 is 3.93. The summed E-state index contributed by atoms with van der Waals surface area (Å²) in [5.41, 5.74) is 10.4. The van der Waals surface area contributed by atoms with Crippen LogP contribution in [0, 0.1) is 13.8 Å². The molecule has 0 radical (unpaired) electrons. The van der Waals surface area contributed by atoms with Crippen molar-refractivity contribution >= 4 is 48.6 Å². The Morgan fingerprint density at radius 2 is 1.06 bits per heavy atom. The van der Waals surface area contributed by atoms with Crippen molar-refractivity contribution in [3.8, 4) is 0 Å². The first-order valence-electron chi connectivity index (χ1n) is 10.7. The Hall–Kier alpha value is -3.16. The third kappa shape index (κ3) is 2.73. The van der Waals surface area contributed by atoms with Crippen LogP contribution in [0.1, 0.15) is 33.4 Å². The van der Waals surface area contributed by atoms with E-state index in [0.717, 1.165) is 0 Å². The van der Waals surface area contributed by atoms with Crippen molar-refractivity contribution in [2.24, 2.45) is 0 Å². The van der Waals surface area contributed by atoms with E-state index in [-0.39, 0.29) is 0 Å². The summed E-state index contributed by atoms with van der Waals surface area (Å²) in [6.07, 6.45) is 0. The molecule has 148 valence electrons. The topological polar surface area (TPSA) is 0 Å². The average molecular weight is 461 g/mol. The van der Waals surface area contributed by atoms with Crippen molar-refractivity contribution in [3.05, 3.63) is 129 Å². The van der Waals surface area contributed by atoms with Crippen LogP contribution in [0.4, 0.5) is 0 Å². The van der Waals surface area contributed by atoms with Crippen molar-refractivity contribution in [2.75, 3.05) is 0 Å². The molecule has 0 aromatic heterocycles. The van der Waals surface area contributed by atoms with Gasteiger partial charge in [0.05, 0.1) is 0 Å². The Morgan fingerprint density at radius 1 is 0.516 bits per heavy atom. The number of hydrogen-bond acceptors (Lipinski definition) is 0. The molecule has 0 amide bonds. The monoisotopic (exact) mass is 460 g/mol. The predicted molar refractivity (Wildman–Crippen MR) is 137 cm³/mol. The highest BCUT2D eigenvalue weighted by molar-refractivity contribution is 9.10. The van der Waals surface area contributed by atoms with E-state index >= 15 is 0 Å². The van der Waals surface area contributed by atoms with E-state index in [1.165, 1.54) is 70.5 Å². The quantitative estimate of drug-likeness (QED) is 0.226. The zero-order valence-electron chi connectivity index (χ0n) is 17.5. The molecule has 0 aliphatic heterocycles. The minimum Gasteiger partial charge on any atom is -0.0616 e. The first kappa shape index (κ1) is 18.6. The van der Waals surface area contributed by atoms with Crippen LogP contribution in [0.3, 0.4) is 0 Å². The van der Waals surface area contributed by atoms with Crippen LogP contribution in [-0.4, -0.2) is 0 Å². The maximum Gasteiger partial charge on any atom is 0.0332 e. The Balaban J connectivity index is 1.83. The molecule has 0 spiro atoms.